The fourth-order valence-electron chi connectivity index (χ4n) is 3.51. The molecule has 1 atom stereocenters. The van der Waals surface area contributed by atoms with Gasteiger partial charge in [-0.05, 0) is 42.8 Å². The minimum absolute atomic E-state index is 0.0218. The summed E-state index contributed by atoms with van der Waals surface area (Å²) < 4.78 is 56.6. The SMILES string of the molecule is CC(=O)N1CCN(S(=O)(=O)c2cccc(C(=O)NC(C)c3cccc(OC(F)F)c3)c2)CC1. The molecule has 0 radical (unpaired) electrons. The van der Waals surface area contributed by atoms with Crippen LogP contribution in [0.15, 0.2) is 53.4 Å². The van der Waals surface area contributed by atoms with Crippen LogP contribution in [0.3, 0.4) is 0 Å². The average Bonchev–Trinajstić information content (AvgIpc) is 2.79. The second-order valence-corrected chi connectivity index (χ2v) is 9.52. The summed E-state index contributed by atoms with van der Waals surface area (Å²) in [5.41, 5.74) is 0.693. The van der Waals surface area contributed by atoms with E-state index in [2.05, 4.69) is 10.1 Å². The zero-order chi connectivity index (χ0) is 24.2. The lowest BCUT2D eigenvalue weighted by Crippen LogP contribution is -2.49. The summed E-state index contributed by atoms with van der Waals surface area (Å²) in [5, 5.41) is 2.73. The van der Waals surface area contributed by atoms with Gasteiger partial charge < -0.3 is 15.0 Å². The summed E-state index contributed by atoms with van der Waals surface area (Å²) in [6.45, 7) is 1.12. The molecule has 178 valence electrons. The van der Waals surface area contributed by atoms with Crippen LogP contribution in [-0.4, -0.2) is 62.2 Å². The van der Waals surface area contributed by atoms with Crippen molar-refractivity contribution in [1.82, 2.24) is 14.5 Å². The number of hydrogen-bond acceptors (Lipinski definition) is 5. The Hall–Kier alpha value is -3.05. The van der Waals surface area contributed by atoms with Crippen molar-refractivity contribution in [3.05, 3.63) is 59.7 Å². The van der Waals surface area contributed by atoms with Crippen molar-refractivity contribution in [2.24, 2.45) is 0 Å². The number of alkyl halides is 2. The number of nitrogens with zero attached hydrogens (tertiary/aromatic N) is 2. The van der Waals surface area contributed by atoms with Crippen LogP contribution in [0.5, 0.6) is 5.75 Å². The van der Waals surface area contributed by atoms with Gasteiger partial charge in [-0.25, -0.2) is 8.42 Å². The molecule has 1 unspecified atom stereocenters. The average molecular weight is 482 g/mol. The highest BCUT2D eigenvalue weighted by atomic mass is 32.2. The highest BCUT2D eigenvalue weighted by molar-refractivity contribution is 7.89. The Morgan fingerprint density at radius 2 is 1.70 bits per heavy atom. The third-order valence-corrected chi connectivity index (χ3v) is 7.24. The molecule has 3 rings (SSSR count). The lowest BCUT2D eigenvalue weighted by atomic mass is 10.1. The van der Waals surface area contributed by atoms with E-state index in [0.29, 0.717) is 18.7 Å². The Morgan fingerprint density at radius 3 is 2.33 bits per heavy atom. The van der Waals surface area contributed by atoms with E-state index in [1.54, 1.807) is 17.9 Å². The van der Waals surface area contributed by atoms with Gasteiger partial charge in [-0.1, -0.05) is 18.2 Å². The fourth-order valence-corrected chi connectivity index (χ4v) is 4.98. The van der Waals surface area contributed by atoms with E-state index in [-0.39, 0.29) is 35.2 Å². The highest BCUT2D eigenvalue weighted by Crippen LogP contribution is 2.22. The predicted octanol–water partition coefficient (Wildman–Crippen LogP) is 2.63. The summed E-state index contributed by atoms with van der Waals surface area (Å²) >= 11 is 0. The molecular formula is C22H25F2N3O5S. The molecular weight excluding hydrogens is 456 g/mol. The first-order chi connectivity index (χ1) is 15.6. The summed E-state index contributed by atoms with van der Waals surface area (Å²) in [7, 11) is -3.84. The van der Waals surface area contributed by atoms with Crippen LogP contribution in [0.25, 0.3) is 0 Å². The van der Waals surface area contributed by atoms with Crippen molar-refractivity contribution in [2.75, 3.05) is 26.2 Å². The Morgan fingerprint density at radius 1 is 1.03 bits per heavy atom. The van der Waals surface area contributed by atoms with Crippen LogP contribution >= 0.6 is 0 Å². The van der Waals surface area contributed by atoms with E-state index in [0.717, 1.165) is 0 Å². The molecule has 0 saturated carbocycles. The van der Waals surface area contributed by atoms with Crippen molar-refractivity contribution in [3.8, 4) is 5.75 Å². The maximum Gasteiger partial charge on any atom is 0.387 e. The highest BCUT2D eigenvalue weighted by Gasteiger charge is 2.29. The van der Waals surface area contributed by atoms with Gasteiger partial charge in [-0.3, -0.25) is 9.59 Å². The van der Waals surface area contributed by atoms with Crippen molar-refractivity contribution >= 4 is 21.8 Å². The summed E-state index contributed by atoms with van der Waals surface area (Å²) in [6, 6.07) is 11.1. The fraction of sp³-hybridized carbons (Fsp3) is 0.364. The summed E-state index contributed by atoms with van der Waals surface area (Å²) in [6.07, 6.45) is 0. The third-order valence-electron chi connectivity index (χ3n) is 5.35. The number of sulfonamides is 1. The van der Waals surface area contributed by atoms with E-state index < -0.39 is 28.6 Å². The molecule has 1 saturated heterocycles. The molecule has 0 bridgehead atoms. The van der Waals surface area contributed by atoms with E-state index in [1.807, 2.05) is 0 Å². The number of piperazine rings is 1. The summed E-state index contributed by atoms with van der Waals surface area (Å²) in [5.74, 6) is -0.645. The van der Waals surface area contributed by atoms with E-state index in [9.17, 15) is 26.8 Å². The normalized spacial score (nSPS) is 15.8. The minimum atomic E-state index is -3.84. The minimum Gasteiger partial charge on any atom is -0.435 e. The number of ether oxygens (including phenoxy) is 1. The molecule has 1 N–H and O–H groups in total. The first-order valence-electron chi connectivity index (χ1n) is 10.3. The van der Waals surface area contributed by atoms with Gasteiger partial charge >= 0.3 is 6.61 Å². The smallest absolute Gasteiger partial charge is 0.387 e. The maximum absolute atomic E-state index is 13.0. The lowest BCUT2D eigenvalue weighted by molar-refractivity contribution is -0.129. The first kappa shape index (κ1) is 24.6. The van der Waals surface area contributed by atoms with E-state index in [4.69, 9.17) is 0 Å². The van der Waals surface area contributed by atoms with Gasteiger partial charge in [0.1, 0.15) is 5.75 Å². The van der Waals surface area contributed by atoms with Crippen molar-refractivity contribution in [1.29, 1.82) is 0 Å². The number of carbonyl (C=O) groups excluding carboxylic acids is 2. The number of nitrogens with one attached hydrogen (secondary N) is 1. The molecule has 0 aromatic heterocycles. The van der Waals surface area contributed by atoms with Gasteiger partial charge in [-0.2, -0.15) is 13.1 Å². The quantitative estimate of drug-likeness (QED) is 0.656. The third kappa shape index (κ3) is 6.05. The zero-order valence-corrected chi connectivity index (χ0v) is 19.0. The first-order valence-corrected chi connectivity index (χ1v) is 11.7. The molecule has 0 aliphatic carbocycles. The molecule has 8 nitrogen and oxygen atoms in total. The summed E-state index contributed by atoms with van der Waals surface area (Å²) in [4.78, 5) is 25.8. The van der Waals surface area contributed by atoms with E-state index in [1.165, 1.54) is 53.7 Å². The van der Waals surface area contributed by atoms with Crippen LogP contribution in [0, 0.1) is 0 Å². The van der Waals surface area contributed by atoms with E-state index >= 15 is 0 Å². The molecule has 1 fully saturated rings. The van der Waals surface area contributed by atoms with Crippen LogP contribution in [-0.2, 0) is 14.8 Å². The zero-order valence-electron chi connectivity index (χ0n) is 18.2. The van der Waals surface area contributed by atoms with Gasteiger partial charge in [0, 0.05) is 38.7 Å². The number of halogens is 2. The standard InChI is InChI=1S/C22H25F2N3O5S/c1-15(17-5-3-7-19(13-17)32-22(23)24)25-21(29)18-6-4-8-20(14-18)33(30,31)27-11-9-26(10-12-27)16(2)28/h3-8,13-15,22H,9-12H2,1-2H3,(H,25,29). The number of amides is 2. The Balaban J connectivity index is 1.71. The van der Waals surface area contributed by atoms with Crippen molar-refractivity contribution < 1.29 is 31.5 Å². The second-order valence-electron chi connectivity index (χ2n) is 7.58. The number of hydrogen-bond donors (Lipinski definition) is 1. The number of rotatable bonds is 7. The Bertz CT molecular complexity index is 1120. The van der Waals surface area contributed by atoms with Crippen LogP contribution in [0.2, 0.25) is 0 Å². The van der Waals surface area contributed by atoms with Crippen molar-refractivity contribution in [3.63, 3.8) is 0 Å². The van der Waals surface area contributed by atoms with Gasteiger partial charge in [-0.15, -0.1) is 0 Å². The predicted molar refractivity (Wildman–Crippen MR) is 116 cm³/mol. The molecule has 1 aliphatic heterocycles. The molecule has 1 heterocycles. The molecule has 0 spiro atoms. The molecule has 33 heavy (non-hydrogen) atoms. The van der Waals surface area contributed by atoms with Gasteiger partial charge in [0.15, 0.2) is 0 Å². The number of benzene rings is 2. The van der Waals surface area contributed by atoms with Crippen LogP contribution in [0.1, 0.15) is 35.8 Å². The van der Waals surface area contributed by atoms with Gasteiger partial charge in [0.25, 0.3) is 5.91 Å². The Labute approximate surface area is 191 Å². The maximum atomic E-state index is 13.0. The Kier molecular flexibility index (Phi) is 7.65. The van der Waals surface area contributed by atoms with Gasteiger partial charge in [0.2, 0.25) is 15.9 Å². The van der Waals surface area contributed by atoms with Crippen LogP contribution < -0.4 is 10.1 Å². The topological polar surface area (TPSA) is 96.0 Å². The molecule has 2 amide bonds. The largest absolute Gasteiger partial charge is 0.435 e. The van der Waals surface area contributed by atoms with Gasteiger partial charge in [0.05, 0.1) is 10.9 Å². The molecule has 11 heteroatoms. The monoisotopic (exact) mass is 481 g/mol. The van der Waals surface area contributed by atoms with Crippen molar-refractivity contribution in [2.45, 2.75) is 31.4 Å². The molecule has 1 aliphatic rings. The lowest BCUT2D eigenvalue weighted by Gasteiger charge is -2.33. The molecule has 2 aromatic rings. The second kappa shape index (κ2) is 10.3. The molecule has 2 aromatic carbocycles. The number of carbonyl (C=O) groups is 2. The van der Waals surface area contributed by atoms with Crippen LogP contribution in [0.4, 0.5) is 8.78 Å².